The average molecular weight is 306 g/mol. The van der Waals surface area contributed by atoms with Crippen molar-refractivity contribution in [2.75, 3.05) is 18.9 Å². The molecular formula is C14H18N4O4. The molecule has 1 aliphatic heterocycles. The van der Waals surface area contributed by atoms with Gasteiger partial charge in [0.25, 0.3) is 0 Å². The van der Waals surface area contributed by atoms with Gasteiger partial charge in [-0.15, -0.1) is 9.78 Å². The van der Waals surface area contributed by atoms with E-state index < -0.39 is 11.7 Å². The molecule has 1 saturated heterocycles. The molecular weight excluding hydrogens is 288 g/mol. The van der Waals surface area contributed by atoms with Gasteiger partial charge in [0.1, 0.15) is 11.7 Å². The van der Waals surface area contributed by atoms with Gasteiger partial charge in [-0.2, -0.15) is 0 Å². The van der Waals surface area contributed by atoms with Crippen molar-refractivity contribution in [1.29, 1.82) is 0 Å². The molecule has 0 spiro atoms. The fourth-order valence-corrected chi connectivity index (χ4v) is 1.95. The third-order valence-electron chi connectivity index (χ3n) is 2.96. The Bertz CT molecular complexity index is 715. The van der Waals surface area contributed by atoms with Crippen LogP contribution in [0.3, 0.4) is 0 Å². The lowest BCUT2D eigenvalue weighted by Crippen LogP contribution is -2.38. The van der Waals surface area contributed by atoms with Gasteiger partial charge in [0.2, 0.25) is 5.88 Å². The third kappa shape index (κ3) is 2.82. The molecule has 0 amide bonds. The Balaban J connectivity index is 2.00. The molecule has 3 heterocycles. The Morgan fingerprint density at radius 3 is 2.77 bits per heavy atom. The van der Waals surface area contributed by atoms with E-state index in [9.17, 15) is 4.79 Å². The number of nitrogen functional groups attached to an aromatic ring is 1. The first-order chi connectivity index (χ1) is 10.3. The van der Waals surface area contributed by atoms with Gasteiger partial charge in [-0.25, -0.2) is 9.78 Å². The van der Waals surface area contributed by atoms with E-state index in [-0.39, 0.29) is 6.10 Å². The molecule has 0 atom stereocenters. The minimum atomic E-state index is -0.633. The van der Waals surface area contributed by atoms with E-state index in [1.54, 1.807) is 26.8 Å². The molecule has 118 valence electrons. The van der Waals surface area contributed by atoms with Crippen molar-refractivity contribution in [1.82, 2.24) is 14.8 Å². The van der Waals surface area contributed by atoms with Crippen molar-refractivity contribution in [2.24, 2.45) is 0 Å². The Morgan fingerprint density at radius 1 is 1.45 bits per heavy atom. The first-order valence-corrected chi connectivity index (χ1v) is 6.95. The van der Waals surface area contributed by atoms with E-state index >= 15 is 0 Å². The second-order valence-electron chi connectivity index (χ2n) is 6.11. The molecule has 0 aliphatic carbocycles. The number of hydrogen-bond donors (Lipinski definition) is 1. The predicted octanol–water partition coefficient (Wildman–Crippen LogP) is 1.57. The van der Waals surface area contributed by atoms with E-state index in [2.05, 4.69) is 10.1 Å². The summed E-state index contributed by atoms with van der Waals surface area (Å²) in [6.07, 6.45) is 0.766. The first-order valence-electron chi connectivity index (χ1n) is 6.95. The molecule has 8 nitrogen and oxygen atoms in total. The summed E-state index contributed by atoms with van der Waals surface area (Å²) in [6, 6.07) is 1.67. The third-order valence-corrected chi connectivity index (χ3v) is 2.96. The van der Waals surface area contributed by atoms with E-state index in [1.165, 1.54) is 6.20 Å². The summed E-state index contributed by atoms with van der Waals surface area (Å²) in [5.41, 5.74) is 5.94. The number of nitrogens with two attached hydrogens (primary N) is 1. The SMILES string of the molecule is CC(C)(C)OC(=O)n1nc(OC2COC2)c2cc(N)cnc21. The van der Waals surface area contributed by atoms with Crippen LogP contribution in [0.15, 0.2) is 12.3 Å². The lowest BCUT2D eigenvalue weighted by Gasteiger charge is -2.25. The zero-order valence-electron chi connectivity index (χ0n) is 12.7. The van der Waals surface area contributed by atoms with E-state index in [4.69, 9.17) is 19.9 Å². The fraction of sp³-hybridized carbons (Fsp3) is 0.500. The molecule has 8 heteroatoms. The minimum absolute atomic E-state index is 0.0772. The summed E-state index contributed by atoms with van der Waals surface area (Å²) >= 11 is 0. The predicted molar refractivity (Wildman–Crippen MR) is 78.8 cm³/mol. The van der Waals surface area contributed by atoms with Crippen molar-refractivity contribution in [3.63, 3.8) is 0 Å². The van der Waals surface area contributed by atoms with Crippen LogP contribution in [-0.2, 0) is 9.47 Å². The van der Waals surface area contributed by atoms with Gasteiger partial charge in [0, 0.05) is 0 Å². The van der Waals surface area contributed by atoms with Gasteiger partial charge in [0.05, 0.1) is 30.5 Å². The lowest BCUT2D eigenvalue weighted by atomic mass is 10.2. The molecule has 0 saturated carbocycles. The van der Waals surface area contributed by atoms with Crippen molar-refractivity contribution in [2.45, 2.75) is 32.5 Å². The molecule has 0 bridgehead atoms. The number of ether oxygens (including phenoxy) is 3. The summed E-state index contributed by atoms with van der Waals surface area (Å²) in [6.45, 7) is 6.34. The quantitative estimate of drug-likeness (QED) is 0.898. The van der Waals surface area contributed by atoms with Gasteiger partial charge in [-0.1, -0.05) is 0 Å². The molecule has 1 fully saturated rings. The molecule has 2 N–H and O–H groups in total. The van der Waals surface area contributed by atoms with E-state index in [0.717, 1.165) is 4.68 Å². The van der Waals surface area contributed by atoms with Gasteiger partial charge < -0.3 is 19.9 Å². The van der Waals surface area contributed by atoms with Crippen molar-refractivity contribution >= 4 is 22.8 Å². The number of nitrogens with zero attached hydrogens (tertiary/aromatic N) is 3. The van der Waals surface area contributed by atoms with Gasteiger partial charge >= 0.3 is 6.09 Å². The number of pyridine rings is 1. The van der Waals surface area contributed by atoms with Crippen molar-refractivity contribution in [3.05, 3.63) is 12.3 Å². The Hall–Kier alpha value is -2.35. The molecule has 0 aromatic carbocycles. The molecule has 0 radical (unpaired) electrons. The first kappa shape index (κ1) is 14.6. The van der Waals surface area contributed by atoms with Crippen molar-refractivity contribution < 1.29 is 19.0 Å². The summed E-state index contributed by atoms with van der Waals surface area (Å²) in [7, 11) is 0. The topological polar surface area (TPSA) is 101 Å². The summed E-state index contributed by atoms with van der Waals surface area (Å²) in [4.78, 5) is 16.4. The van der Waals surface area contributed by atoms with Gasteiger partial charge in [-0.05, 0) is 26.8 Å². The zero-order chi connectivity index (χ0) is 15.9. The standard InChI is InChI=1S/C14H18N4O4/c1-14(2,3)22-13(19)18-11-10(4-8(15)5-16-11)12(17-18)21-9-6-20-7-9/h4-5,9H,6-7,15H2,1-3H3. The highest BCUT2D eigenvalue weighted by Crippen LogP contribution is 2.27. The second kappa shape index (κ2) is 5.13. The number of carbonyl (C=O) groups excluding carboxylic acids is 1. The molecule has 1 aliphatic rings. The zero-order valence-corrected chi connectivity index (χ0v) is 12.7. The minimum Gasteiger partial charge on any atom is -0.468 e. The maximum atomic E-state index is 12.3. The molecule has 0 unspecified atom stereocenters. The number of aromatic nitrogens is 3. The van der Waals surface area contributed by atoms with E-state index in [1.807, 2.05) is 0 Å². The smallest absolute Gasteiger partial charge is 0.437 e. The van der Waals surface area contributed by atoms with E-state index in [0.29, 0.717) is 35.8 Å². The van der Waals surface area contributed by atoms with Crippen LogP contribution < -0.4 is 10.5 Å². The number of anilines is 1. The highest BCUT2D eigenvalue weighted by atomic mass is 16.6. The van der Waals surface area contributed by atoms with Gasteiger partial charge in [0.15, 0.2) is 5.65 Å². The number of carbonyl (C=O) groups is 1. The lowest BCUT2D eigenvalue weighted by molar-refractivity contribution is -0.0809. The Labute approximate surface area is 127 Å². The summed E-state index contributed by atoms with van der Waals surface area (Å²) in [5.74, 6) is 0.300. The highest BCUT2D eigenvalue weighted by Gasteiger charge is 2.27. The van der Waals surface area contributed by atoms with Crippen LogP contribution in [0.5, 0.6) is 5.88 Å². The highest BCUT2D eigenvalue weighted by molar-refractivity contribution is 5.90. The summed E-state index contributed by atoms with van der Waals surface area (Å²) < 4.78 is 17.2. The maximum absolute atomic E-state index is 12.3. The molecule has 22 heavy (non-hydrogen) atoms. The monoisotopic (exact) mass is 306 g/mol. The van der Waals surface area contributed by atoms with Crippen LogP contribution >= 0.6 is 0 Å². The Morgan fingerprint density at radius 2 is 2.18 bits per heavy atom. The normalized spacial score (nSPS) is 15.6. The molecule has 3 rings (SSSR count). The number of rotatable bonds is 2. The number of hydrogen-bond acceptors (Lipinski definition) is 7. The second-order valence-corrected chi connectivity index (χ2v) is 6.11. The van der Waals surface area contributed by atoms with Crippen molar-refractivity contribution in [3.8, 4) is 5.88 Å². The average Bonchev–Trinajstić information content (AvgIpc) is 2.70. The number of fused-ring (bicyclic) bond motifs is 1. The van der Waals surface area contributed by atoms with Crippen LogP contribution in [0.1, 0.15) is 20.8 Å². The largest absolute Gasteiger partial charge is 0.468 e. The van der Waals surface area contributed by atoms with Crippen LogP contribution in [0.2, 0.25) is 0 Å². The Kier molecular flexibility index (Phi) is 3.40. The molecule has 2 aromatic rings. The van der Waals surface area contributed by atoms with Gasteiger partial charge in [-0.3, -0.25) is 0 Å². The summed E-state index contributed by atoms with van der Waals surface area (Å²) in [5, 5.41) is 4.75. The van der Waals surface area contributed by atoms with Crippen LogP contribution in [0.4, 0.5) is 10.5 Å². The van der Waals surface area contributed by atoms with Crippen LogP contribution in [0, 0.1) is 0 Å². The molecule has 2 aromatic heterocycles. The fourth-order valence-electron chi connectivity index (χ4n) is 1.95. The maximum Gasteiger partial charge on any atom is 0.437 e. The van der Waals surface area contributed by atoms with Crippen LogP contribution in [-0.4, -0.2) is 45.8 Å². The van der Waals surface area contributed by atoms with Crippen LogP contribution in [0.25, 0.3) is 11.0 Å².